The number of nitrogens with one attached hydrogen (secondary N) is 5. The number of hydrogen-bond donors (Lipinski definition) is 5. The molecule has 0 aromatic heterocycles. The first-order valence-electron chi connectivity index (χ1n) is 32.0. The molecule has 0 bridgehead atoms. The molecule has 6 amide bonds. The molecule has 2 fully saturated rings. The number of carbonyl (C=O) groups excluding carboxylic acids is 8. The summed E-state index contributed by atoms with van der Waals surface area (Å²) in [5.41, 5.74) is 7.27. The van der Waals surface area contributed by atoms with E-state index in [1.54, 1.807) is 62.2 Å². The van der Waals surface area contributed by atoms with Gasteiger partial charge < -0.3 is 40.6 Å². The van der Waals surface area contributed by atoms with E-state index in [9.17, 15) is 55.1 Å². The van der Waals surface area contributed by atoms with Crippen molar-refractivity contribution in [1.82, 2.24) is 36.4 Å². The third-order valence-corrected chi connectivity index (χ3v) is 19.0. The number of hydrogen-bond acceptors (Lipinski definition) is 15. The van der Waals surface area contributed by atoms with Gasteiger partial charge in [0.15, 0.2) is 5.78 Å². The Labute approximate surface area is 558 Å². The average molecular weight is 1350 g/mol. The second-order valence-corrected chi connectivity index (χ2v) is 26.3. The van der Waals surface area contributed by atoms with Gasteiger partial charge in [-0.05, 0) is 164 Å². The summed E-state index contributed by atoms with van der Waals surface area (Å²) in [5, 5.41) is 15.4. The minimum absolute atomic E-state index is 0.0129. The van der Waals surface area contributed by atoms with Crippen LogP contribution in [0.15, 0.2) is 146 Å². The molecular weight excluding hydrogens is 1280 g/mol. The van der Waals surface area contributed by atoms with E-state index in [0.29, 0.717) is 73.7 Å². The lowest BCUT2D eigenvalue weighted by Crippen LogP contribution is -2.56. The number of nitrogens with zero attached hydrogens (tertiary/aromatic N) is 2. The van der Waals surface area contributed by atoms with Crippen molar-refractivity contribution < 1.29 is 71.9 Å². The van der Waals surface area contributed by atoms with Gasteiger partial charge in [-0.3, -0.25) is 38.4 Å². The van der Waals surface area contributed by atoms with Crippen LogP contribution in [0.5, 0.6) is 5.75 Å². The fourth-order valence-corrected chi connectivity index (χ4v) is 13.6. The van der Waals surface area contributed by atoms with E-state index in [-0.39, 0.29) is 79.1 Å². The van der Waals surface area contributed by atoms with E-state index in [1.807, 2.05) is 79.7 Å². The number of fused-ring (bicyclic) bond motifs is 2. The third kappa shape index (κ3) is 18.0. The lowest BCUT2D eigenvalue weighted by atomic mass is 9.89. The van der Waals surface area contributed by atoms with E-state index >= 15 is 0 Å². The Balaban J connectivity index is 0.00000263. The molecule has 0 unspecified atom stereocenters. The van der Waals surface area contributed by atoms with Crippen LogP contribution in [0.3, 0.4) is 0 Å². The molecule has 25 heteroatoms. The fourth-order valence-electron chi connectivity index (χ4n) is 13.3. The second kappa shape index (κ2) is 31.9. The van der Waals surface area contributed by atoms with Crippen LogP contribution >= 0.6 is 0 Å². The maximum atomic E-state index is 14.5. The van der Waals surface area contributed by atoms with Crippen molar-refractivity contribution in [3.63, 3.8) is 0 Å². The zero-order valence-corrected chi connectivity index (χ0v) is 55.1. The maximum absolute atomic E-state index is 14.5. The monoisotopic (exact) mass is 1350 g/mol. The van der Waals surface area contributed by atoms with Crippen LogP contribution in [-0.4, -0.2) is 128 Å². The van der Waals surface area contributed by atoms with Gasteiger partial charge in [-0.2, -0.15) is 8.42 Å². The SMILES string of the molecule is CC[C@@H](C)C(=O)N[C@@H](Cc1ccc(OS(=O)(=O)F)cc1)C(=O)N1CCC[C@H]1C(=O)N[C@@H]1Cc2ccccc2[C@@H]1NC(=O)c1ccc(-c2ccc(C(=O)N[C@H]3c4ccccc4C[C@H]3CC(=O)[C@@H]3CCCN3C(=O)[C@@H](CC(=O)[C@H](C)NC)Cc3ccc(F)cc3)cc2)cc1.O=S(=O)=O. The van der Waals surface area contributed by atoms with E-state index in [2.05, 4.69) is 30.8 Å². The number of likely N-dealkylation sites (N-methyl/N-ethyl adjacent to an activating group) is 1. The van der Waals surface area contributed by atoms with Crippen LogP contribution < -0.4 is 30.8 Å². The van der Waals surface area contributed by atoms with Crippen LogP contribution in [0.25, 0.3) is 11.1 Å². The van der Waals surface area contributed by atoms with Gasteiger partial charge in [0.25, 0.3) is 11.8 Å². The van der Waals surface area contributed by atoms with Crippen molar-refractivity contribution in [2.24, 2.45) is 17.8 Å². The summed E-state index contributed by atoms with van der Waals surface area (Å²) in [6.07, 6.45) is 3.71. The Hall–Kier alpha value is -9.33. The molecule has 0 saturated carbocycles. The lowest BCUT2D eigenvalue weighted by Gasteiger charge is -2.31. The number of halogens is 2. The van der Waals surface area contributed by atoms with Crippen LogP contribution in [0.2, 0.25) is 0 Å². The van der Waals surface area contributed by atoms with E-state index in [0.717, 1.165) is 33.4 Å². The Morgan fingerprint density at radius 2 is 1.15 bits per heavy atom. The van der Waals surface area contributed by atoms with Crippen molar-refractivity contribution in [3.05, 3.63) is 196 Å². The molecule has 10 rings (SSSR count). The molecule has 96 heavy (non-hydrogen) atoms. The minimum atomic E-state index is -5.27. The predicted octanol–water partition coefficient (Wildman–Crippen LogP) is 7.38. The highest BCUT2D eigenvalue weighted by atomic mass is 32.3. The molecule has 2 heterocycles. The summed E-state index contributed by atoms with van der Waals surface area (Å²) in [4.78, 5) is 116. The summed E-state index contributed by atoms with van der Waals surface area (Å²) in [6.45, 7) is 5.93. The summed E-state index contributed by atoms with van der Waals surface area (Å²) < 4.78 is 78.8. The molecular formula is C71H77F2N7O14S2. The van der Waals surface area contributed by atoms with Crippen molar-refractivity contribution in [2.45, 2.75) is 134 Å². The summed E-state index contributed by atoms with van der Waals surface area (Å²) in [6, 6.07) is 35.9. The first-order chi connectivity index (χ1) is 45.9. The van der Waals surface area contributed by atoms with Crippen LogP contribution in [0.1, 0.15) is 132 Å². The van der Waals surface area contributed by atoms with Crippen LogP contribution in [0.4, 0.5) is 8.28 Å². The average Bonchev–Trinajstić information content (AvgIpc) is 1.63. The maximum Gasteiger partial charge on any atom is 0.488 e. The molecule has 6 aromatic carbocycles. The van der Waals surface area contributed by atoms with Gasteiger partial charge in [0.2, 0.25) is 23.6 Å². The lowest BCUT2D eigenvalue weighted by molar-refractivity contribution is -0.142. The minimum Gasteiger partial charge on any atom is -0.358 e. The van der Waals surface area contributed by atoms with Gasteiger partial charge in [0.1, 0.15) is 29.4 Å². The molecule has 21 nitrogen and oxygen atoms in total. The van der Waals surface area contributed by atoms with E-state index in [4.69, 9.17) is 12.6 Å². The van der Waals surface area contributed by atoms with Crippen LogP contribution in [-0.2, 0) is 75.6 Å². The molecule has 2 saturated heterocycles. The number of carbonyl (C=O) groups is 8. The van der Waals surface area contributed by atoms with E-state index < -0.39 is 92.9 Å². The Morgan fingerprint density at radius 1 is 0.635 bits per heavy atom. The Morgan fingerprint density at radius 3 is 1.71 bits per heavy atom. The molecule has 2 aliphatic carbocycles. The highest BCUT2D eigenvalue weighted by Crippen LogP contribution is 2.40. The van der Waals surface area contributed by atoms with Gasteiger partial charge in [-0.1, -0.05) is 115 Å². The quantitative estimate of drug-likeness (QED) is 0.0349. The predicted molar refractivity (Wildman–Crippen MR) is 351 cm³/mol. The molecule has 2 aliphatic heterocycles. The summed E-state index contributed by atoms with van der Waals surface area (Å²) in [5.74, 6) is -4.62. The second-order valence-electron chi connectivity index (χ2n) is 24.9. The first kappa shape index (κ1) is 71.0. The topological polar surface area (TPSA) is 298 Å². The Bertz CT molecular complexity index is 4090. The molecule has 10 atom stereocenters. The summed E-state index contributed by atoms with van der Waals surface area (Å²) >= 11 is 0. The van der Waals surface area contributed by atoms with Gasteiger partial charge >= 0.3 is 21.1 Å². The summed E-state index contributed by atoms with van der Waals surface area (Å²) in [7, 11) is -6.70. The van der Waals surface area contributed by atoms with E-state index in [1.165, 1.54) is 41.3 Å². The smallest absolute Gasteiger partial charge is 0.358 e. The van der Waals surface area contributed by atoms with Crippen molar-refractivity contribution >= 4 is 68.1 Å². The van der Waals surface area contributed by atoms with Gasteiger partial charge in [-0.15, -0.1) is 12.6 Å². The van der Waals surface area contributed by atoms with Gasteiger partial charge in [0.05, 0.1) is 30.2 Å². The first-order valence-corrected chi connectivity index (χ1v) is 34.4. The zero-order chi connectivity index (χ0) is 69.0. The number of rotatable bonds is 25. The third-order valence-electron chi connectivity index (χ3n) is 18.7. The number of likely N-dealkylation sites (tertiary alicyclic amines) is 2. The fraction of sp³-hybridized carbons (Fsp3) is 0.380. The normalized spacial score (nSPS) is 19.8. The standard InChI is InChI=1S/C71H77F2N7O11S.O3S/c1-5-42(2)66(83)76-59(37-45-20-32-55(33-21-45)91-92(73,89)90)71(88)80-35-11-17-61(80)69(86)75-58-39-51-13-7-9-15-57(51)65(58)78-68(85)49-28-24-47(25-29-49)46-22-26-48(27-23-46)67(84)77-64-52(38-50-12-6-8-14-56(50)64)40-63(82)60-16-10-34-79(60)70(87)53(41-62(81)43(3)74-4)36-44-18-30-54(72)31-19-44;1-4(2)3/h6-9,12-15,18-33,42-43,52-53,58-61,64-65,74H,5,10-11,16-17,34-41H2,1-4H3,(H,75,86)(H,76,83)(H,77,84)(H,78,85);/t42-,43+,52+,53-,58-,59+,60+,61+,64-,65+;/m1./s1. The van der Waals surface area contributed by atoms with Crippen molar-refractivity contribution in [3.8, 4) is 16.9 Å². The van der Waals surface area contributed by atoms with Gasteiger partial charge in [0, 0.05) is 55.3 Å². The molecule has 0 spiro atoms. The highest BCUT2D eigenvalue weighted by Gasteiger charge is 2.44. The molecule has 4 aliphatic rings. The molecule has 5 N–H and O–H groups in total. The Kier molecular flexibility index (Phi) is 23.6. The van der Waals surface area contributed by atoms with Crippen LogP contribution in [0, 0.1) is 23.6 Å². The number of amides is 6. The highest BCUT2D eigenvalue weighted by molar-refractivity contribution is 7.81. The number of ketones is 2. The molecule has 506 valence electrons. The zero-order valence-electron chi connectivity index (χ0n) is 53.5. The van der Waals surface area contributed by atoms with Crippen molar-refractivity contribution in [2.75, 3.05) is 20.1 Å². The van der Waals surface area contributed by atoms with Crippen molar-refractivity contribution in [1.29, 1.82) is 0 Å². The number of Topliss-reactive ketones (excluding diaryl/α,β-unsaturated/α-hetero) is 2. The largest absolute Gasteiger partial charge is 0.488 e. The molecule has 6 aromatic rings. The van der Waals surface area contributed by atoms with Gasteiger partial charge in [-0.25, -0.2) is 4.39 Å². The molecule has 0 radical (unpaired) electrons. The number of benzene rings is 6.